The maximum absolute atomic E-state index is 11.0. The molecule has 0 atom stereocenters. The van der Waals surface area contributed by atoms with E-state index in [0.29, 0.717) is 10.6 Å². The molecule has 2 nitrogen and oxygen atoms in total. The lowest BCUT2D eigenvalue weighted by molar-refractivity contribution is 0.102. The fourth-order valence-corrected chi connectivity index (χ4v) is 1.04. The van der Waals surface area contributed by atoms with Gasteiger partial charge in [-0.2, -0.15) is 0 Å². The third-order valence-electron chi connectivity index (χ3n) is 1.19. The highest BCUT2D eigenvalue weighted by Crippen LogP contribution is 2.13. The Hall–Kier alpha value is -0.600. The summed E-state index contributed by atoms with van der Waals surface area (Å²) in [4.78, 5) is 14.7. The standard InChI is InChI=1S/C7H5Cl2NO/c8-3-7(11)5-1-2-10-4-6(5)9/h1-2,4H,3H2. The zero-order valence-corrected chi connectivity index (χ0v) is 7.06. The van der Waals surface area contributed by atoms with Crippen molar-refractivity contribution in [3.8, 4) is 0 Å². The molecule has 1 rings (SSSR count). The van der Waals surface area contributed by atoms with Crippen molar-refractivity contribution in [2.24, 2.45) is 0 Å². The molecular weight excluding hydrogens is 185 g/mol. The van der Waals surface area contributed by atoms with Crippen LogP contribution < -0.4 is 0 Å². The molecule has 0 saturated carbocycles. The Morgan fingerprint density at radius 3 is 2.91 bits per heavy atom. The second-order valence-electron chi connectivity index (χ2n) is 1.91. The number of hydrogen-bond acceptors (Lipinski definition) is 2. The molecule has 0 N–H and O–H groups in total. The van der Waals surface area contributed by atoms with E-state index in [1.165, 1.54) is 12.4 Å². The number of hydrogen-bond donors (Lipinski definition) is 0. The average molecular weight is 190 g/mol. The van der Waals surface area contributed by atoms with Crippen LogP contribution in [0.1, 0.15) is 10.4 Å². The highest BCUT2D eigenvalue weighted by molar-refractivity contribution is 6.37. The minimum absolute atomic E-state index is 0.0519. The summed E-state index contributed by atoms with van der Waals surface area (Å²) in [6.45, 7) is 0. The van der Waals surface area contributed by atoms with Crippen LogP contribution in [0.15, 0.2) is 18.5 Å². The molecule has 1 heterocycles. The van der Waals surface area contributed by atoms with Gasteiger partial charge in [-0.15, -0.1) is 11.6 Å². The van der Waals surface area contributed by atoms with Crippen LogP contribution >= 0.6 is 23.2 Å². The Kier molecular flexibility index (Phi) is 2.85. The van der Waals surface area contributed by atoms with Crippen molar-refractivity contribution >= 4 is 29.0 Å². The van der Waals surface area contributed by atoms with Crippen LogP contribution in [0.25, 0.3) is 0 Å². The van der Waals surface area contributed by atoms with Gasteiger partial charge < -0.3 is 0 Å². The van der Waals surface area contributed by atoms with E-state index >= 15 is 0 Å². The van der Waals surface area contributed by atoms with Gasteiger partial charge in [0.15, 0.2) is 5.78 Å². The summed E-state index contributed by atoms with van der Waals surface area (Å²) in [7, 11) is 0. The number of pyridine rings is 1. The topological polar surface area (TPSA) is 30.0 Å². The second-order valence-corrected chi connectivity index (χ2v) is 2.59. The van der Waals surface area contributed by atoms with Crippen molar-refractivity contribution in [1.82, 2.24) is 4.98 Å². The van der Waals surface area contributed by atoms with Crippen molar-refractivity contribution in [2.45, 2.75) is 0 Å². The van der Waals surface area contributed by atoms with E-state index in [0.717, 1.165) is 0 Å². The van der Waals surface area contributed by atoms with Gasteiger partial charge >= 0.3 is 0 Å². The Labute approximate surface area is 74.1 Å². The molecule has 0 unspecified atom stereocenters. The maximum Gasteiger partial charge on any atom is 0.179 e. The largest absolute Gasteiger partial charge is 0.293 e. The monoisotopic (exact) mass is 189 g/mol. The lowest BCUT2D eigenvalue weighted by Gasteiger charge is -1.97. The highest BCUT2D eigenvalue weighted by Gasteiger charge is 2.07. The maximum atomic E-state index is 11.0. The van der Waals surface area contributed by atoms with Gasteiger partial charge in [-0.05, 0) is 6.07 Å². The average Bonchev–Trinajstić information content (AvgIpc) is 2.04. The molecule has 0 aliphatic carbocycles. The fourth-order valence-electron chi connectivity index (χ4n) is 0.673. The normalized spacial score (nSPS) is 9.64. The number of Topliss-reactive ketones (excluding diaryl/α,β-unsaturated/α-hetero) is 1. The first-order chi connectivity index (χ1) is 5.25. The number of alkyl halides is 1. The first-order valence-corrected chi connectivity index (χ1v) is 3.85. The molecule has 0 amide bonds. The van der Waals surface area contributed by atoms with Gasteiger partial charge in [0.2, 0.25) is 0 Å². The quantitative estimate of drug-likeness (QED) is 0.528. The summed E-state index contributed by atoms with van der Waals surface area (Å²) < 4.78 is 0. The van der Waals surface area contributed by atoms with Crippen LogP contribution in [-0.2, 0) is 0 Å². The Morgan fingerprint density at radius 2 is 2.36 bits per heavy atom. The van der Waals surface area contributed by atoms with E-state index in [4.69, 9.17) is 23.2 Å². The first-order valence-electron chi connectivity index (χ1n) is 2.94. The van der Waals surface area contributed by atoms with Crippen molar-refractivity contribution in [2.75, 3.05) is 5.88 Å². The fraction of sp³-hybridized carbons (Fsp3) is 0.143. The van der Waals surface area contributed by atoms with Crippen LogP contribution in [0.3, 0.4) is 0 Å². The van der Waals surface area contributed by atoms with Crippen LogP contribution in [0, 0.1) is 0 Å². The van der Waals surface area contributed by atoms with E-state index in [1.54, 1.807) is 6.07 Å². The Morgan fingerprint density at radius 1 is 1.64 bits per heavy atom. The molecule has 0 fully saturated rings. The second kappa shape index (κ2) is 3.69. The van der Waals surface area contributed by atoms with Gasteiger partial charge in [-0.1, -0.05) is 11.6 Å². The lowest BCUT2D eigenvalue weighted by atomic mass is 10.2. The molecule has 0 radical (unpaired) electrons. The summed E-state index contributed by atoms with van der Waals surface area (Å²) in [5, 5.41) is 0.346. The number of halogens is 2. The molecule has 1 aromatic rings. The zero-order valence-electron chi connectivity index (χ0n) is 5.55. The van der Waals surface area contributed by atoms with Crippen LogP contribution in [0.2, 0.25) is 5.02 Å². The zero-order chi connectivity index (χ0) is 8.27. The molecule has 11 heavy (non-hydrogen) atoms. The molecule has 0 aliphatic rings. The number of ketones is 1. The molecule has 4 heteroatoms. The summed E-state index contributed by atoms with van der Waals surface area (Å²) in [5.74, 6) is -0.233. The van der Waals surface area contributed by atoms with Crippen LogP contribution in [0.4, 0.5) is 0 Å². The molecule has 0 spiro atoms. The smallest absolute Gasteiger partial charge is 0.179 e. The van der Waals surface area contributed by atoms with E-state index in [1.807, 2.05) is 0 Å². The molecule has 58 valence electrons. The lowest BCUT2D eigenvalue weighted by Crippen LogP contribution is -2.00. The van der Waals surface area contributed by atoms with Gasteiger partial charge in [-0.25, -0.2) is 0 Å². The number of aromatic nitrogens is 1. The summed E-state index contributed by atoms with van der Waals surface area (Å²) in [6.07, 6.45) is 2.92. The van der Waals surface area contributed by atoms with Crippen LogP contribution in [-0.4, -0.2) is 16.6 Å². The van der Waals surface area contributed by atoms with Gasteiger partial charge in [0, 0.05) is 18.0 Å². The SMILES string of the molecule is O=C(CCl)c1ccncc1Cl. The van der Waals surface area contributed by atoms with Crippen molar-refractivity contribution in [3.63, 3.8) is 0 Å². The molecule has 0 aliphatic heterocycles. The molecular formula is C7H5Cl2NO. The Balaban J connectivity index is 3.03. The number of carbonyl (C=O) groups excluding carboxylic acids is 1. The van der Waals surface area contributed by atoms with E-state index in [2.05, 4.69) is 4.98 Å². The molecule has 0 aromatic carbocycles. The molecule has 0 saturated heterocycles. The highest BCUT2D eigenvalue weighted by atomic mass is 35.5. The van der Waals surface area contributed by atoms with Gasteiger partial charge in [0.05, 0.1) is 10.9 Å². The van der Waals surface area contributed by atoms with E-state index < -0.39 is 0 Å². The Bertz CT molecular complexity index is 275. The minimum atomic E-state index is -0.181. The number of rotatable bonds is 2. The van der Waals surface area contributed by atoms with Gasteiger partial charge in [-0.3, -0.25) is 9.78 Å². The predicted molar refractivity (Wildman–Crippen MR) is 44.3 cm³/mol. The van der Waals surface area contributed by atoms with Crippen molar-refractivity contribution in [1.29, 1.82) is 0 Å². The summed E-state index contributed by atoms with van der Waals surface area (Å²) in [5.41, 5.74) is 0.427. The third-order valence-corrected chi connectivity index (χ3v) is 1.74. The van der Waals surface area contributed by atoms with E-state index in [9.17, 15) is 4.79 Å². The predicted octanol–water partition coefficient (Wildman–Crippen LogP) is 2.16. The third kappa shape index (κ3) is 1.91. The number of nitrogens with zero attached hydrogens (tertiary/aromatic N) is 1. The van der Waals surface area contributed by atoms with Crippen LogP contribution in [0.5, 0.6) is 0 Å². The number of carbonyl (C=O) groups is 1. The molecule has 1 aromatic heterocycles. The first kappa shape index (κ1) is 8.50. The van der Waals surface area contributed by atoms with Gasteiger partial charge in [0.25, 0.3) is 0 Å². The van der Waals surface area contributed by atoms with E-state index in [-0.39, 0.29) is 11.7 Å². The summed E-state index contributed by atoms with van der Waals surface area (Å²) >= 11 is 11.0. The van der Waals surface area contributed by atoms with Gasteiger partial charge in [0.1, 0.15) is 0 Å². The minimum Gasteiger partial charge on any atom is -0.293 e. The molecule has 0 bridgehead atoms. The van der Waals surface area contributed by atoms with Crippen molar-refractivity contribution < 1.29 is 4.79 Å². The summed E-state index contributed by atoms with van der Waals surface area (Å²) in [6, 6.07) is 1.55. The van der Waals surface area contributed by atoms with Crippen molar-refractivity contribution in [3.05, 3.63) is 29.0 Å².